The van der Waals surface area contributed by atoms with Crippen molar-refractivity contribution in [3.63, 3.8) is 0 Å². The summed E-state index contributed by atoms with van der Waals surface area (Å²) in [6.45, 7) is 5.88. The highest BCUT2D eigenvalue weighted by molar-refractivity contribution is 7.91. The quantitative estimate of drug-likeness (QED) is 0.799. The van der Waals surface area contributed by atoms with E-state index in [1.807, 2.05) is 13.8 Å². The lowest BCUT2D eigenvalue weighted by Gasteiger charge is -2.29. The Morgan fingerprint density at radius 2 is 2.06 bits per heavy atom. The smallest absolute Gasteiger partial charge is 0.251 e. The number of hydrogen-bond acceptors (Lipinski definition) is 5. The van der Waals surface area contributed by atoms with Crippen molar-refractivity contribution in [1.29, 1.82) is 0 Å². The average Bonchev–Trinajstić information content (AvgIpc) is 2.79. The van der Waals surface area contributed by atoms with Crippen molar-refractivity contribution in [1.82, 2.24) is 9.71 Å². The van der Waals surface area contributed by atoms with Crippen LogP contribution in [-0.4, -0.2) is 31.7 Å². The van der Waals surface area contributed by atoms with Gasteiger partial charge in [0.1, 0.15) is 0 Å². The minimum absolute atomic E-state index is 0.0236. The number of aryl methyl sites for hydroxylation is 1. The first-order valence-corrected chi connectivity index (χ1v) is 8.22. The van der Waals surface area contributed by atoms with Gasteiger partial charge >= 0.3 is 0 Å². The molecule has 5 nitrogen and oxygen atoms in total. The van der Waals surface area contributed by atoms with Gasteiger partial charge in [-0.3, -0.25) is 0 Å². The van der Waals surface area contributed by atoms with Crippen molar-refractivity contribution >= 4 is 21.4 Å². The Morgan fingerprint density at radius 3 is 2.44 bits per heavy atom. The second kappa shape index (κ2) is 6.10. The van der Waals surface area contributed by atoms with Gasteiger partial charge in [-0.1, -0.05) is 13.8 Å². The van der Waals surface area contributed by atoms with Gasteiger partial charge in [-0.2, -0.15) is 0 Å². The second-order valence-corrected chi connectivity index (χ2v) is 7.62. The lowest BCUT2D eigenvalue weighted by atomic mass is 9.84. The Labute approximate surface area is 112 Å². The zero-order valence-electron chi connectivity index (χ0n) is 10.9. The maximum atomic E-state index is 12.0. The zero-order chi connectivity index (χ0) is 13.8. The van der Waals surface area contributed by atoms with Crippen LogP contribution in [0.5, 0.6) is 0 Å². The molecule has 0 fully saturated rings. The summed E-state index contributed by atoms with van der Waals surface area (Å²) in [6, 6.07) is 0. The van der Waals surface area contributed by atoms with Gasteiger partial charge in [-0.05, 0) is 19.8 Å². The Hall–Kier alpha value is -0.500. The van der Waals surface area contributed by atoms with Crippen molar-refractivity contribution in [3.8, 4) is 0 Å². The van der Waals surface area contributed by atoms with E-state index in [-0.39, 0.29) is 22.8 Å². The highest BCUT2D eigenvalue weighted by Gasteiger charge is 2.28. The van der Waals surface area contributed by atoms with Gasteiger partial charge in [0.15, 0.2) is 4.21 Å². The zero-order valence-corrected chi connectivity index (χ0v) is 12.6. The lowest BCUT2D eigenvalue weighted by Crippen LogP contribution is -2.39. The van der Waals surface area contributed by atoms with Crippen LogP contribution in [0.2, 0.25) is 0 Å². The maximum Gasteiger partial charge on any atom is 0.251 e. The first kappa shape index (κ1) is 15.6. The first-order valence-electron chi connectivity index (χ1n) is 5.92. The predicted molar refractivity (Wildman–Crippen MR) is 72.1 cm³/mol. The third-order valence-corrected chi connectivity index (χ3v) is 6.11. The van der Waals surface area contributed by atoms with Crippen LogP contribution in [0.25, 0.3) is 0 Å². The third kappa shape index (κ3) is 3.50. The molecule has 0 atom stereocenters. The van der Waals surface area contributed by atoms with E-state index in [2.05, 4.69) is 9.71 Å². The van der Waals surface area contributed by atoms with Crippen LogP contribution in [0.4, 0.5) is 0 Å². The van der Waals surface area contributed by atoms with E-state index in [4.69, 9.17) is 0 Å². The van der Waals surface area contributed by atoms with Crippen molar-refractivity contribution in [2.24, 2.45) is 5.41 Å². The summed E-state index contributed by atoms with van der Waals surface area (Å²) in [7, 11) is -3.51. The number of nitrogens with one attached hydrogen (secondary N) is 1. The van der Waals surface area contributed by atoms with E-state index in [1.165, 1.54) is 6.20 Å². The summed E-state index contributed by atoms with van der Waals surface area (Å²) in [6.07, 6.45) is 2.81. The maximum absolute atomic E-state index is 12.0. The van der Waals surface area contributed by atoms with Crippen LogP contribution >= 0.6 is 11.3 Å². The molecule has 0 saturated carbocycles. The molecular formula is C11H20N2O3S2. The first-order chi connectivity index (χ1) is 8.39. The molecule has 0 bridgehead atoms. The number of sulfonamides is 1. The van der Waals surface area contributed by atoms with Crippen molar-refractivity contribution in [2.45, 2.75) is 37.8 Å². The molecule has 0 saturated heterocycles. The fourth-order valence-corrected chi connectivity index (χ4v) is 3.87. The Kier molecular flexibility index (Phi) is 5.27. The molecule has 0 unspecified atom stereocenters. The SMILES string of the molecule is CCC(CC)(CO)CNS(=O)(=O)c1cnc(C)s1. The van der Waals surface area contributed by atoms with Crippen molar-refractivity contribution in [3.05, 3.63) is 11.2 Å². The average molecular weight is 292 g/mol. The molecular weight excluding hydrogens is 272 g/mol. The predicted octanol–water partition coefficient (Wildman–Crippen LogP) is 1.53. The number of aliphatic hydroxyl groups is 1. The monoisotopic (exact) mass is 292 g/mol. The summed E-state index contributed by atoms with van der Waals surface area (Å²) < 4.78 is 26.8. The molecule has 2 N–H and O–H groups in total. The topological polar surface area (TPSA) is 79.3 Å². The number of hydrogen-bond donors (Lipinski definition) is 2. The molecule has 0 aliphatic heterocycles. The van der Waals surface area contributed by atoms with Gasteiger partial charge < -0.3 is 5.11 Å². The lowest BCUT2D eigenvalue weighted by molar-refractivity contribution is 0.119. The number of rotatable bonds is 7. The fourth-order valence-electron chi connectivity index (χ4n) is 1.56. The Balaban J connectivity index is 2.79. The van der Waals surface area contributed by atoms with Crippen molar-refractivity contribution in [2.75, 3.05) is 13.2 Å². The minimum Gasteiger partial charge on any atom is -0.396 e. The van der Waals surface area contributed by atoms with Gasteiger partial charge in [-0.15, -0.1) is 11.3 Å². The van der Waals surface area contributed by atoms with Crippen LogP contribution in [-0.2, 0) is 10.0 Å². The summed E-state index contributed by atoms with van der Waals surface area (Å²) in [5, 5.41) is 10.1. The van der Waals surface area contributed by atoms with Crippen LogP contribution in [0.15, 0.2) is 10.4 Å². The molecule has 0 radical (unpaired) electrons. The molecule has 0 aliphatic rings. The number of aromatic nitrogens is 1. The van der Waals surface area contributed by atoms with Crippen LogP contribution in [0.3, 0.4) is 0 Å². The molecule has 104 valence electrons. The second-order valence-electron chi connectivity index (χ2n) is 4.39. The van der Waals surface area contributed by atoms with Crippen LogP contribution < -0.4 is 4.72 Å². The fraction of sp³-hybridized carbons (Fsp3) is 0.727. The molecule has 1 aromatic heterocycles. The normalized spacial score (nSPS) is 12.9. The van der Waals surface area contributed by atoms with Crippen LogP contribution in [0, 0.1) is 12.3 Å². The number of nitrogens with zero attached hydrogens (tertiary/aromatic N) is 1. The van der Waals surface area contributed by atoms with E-state index < -0.39 is 10.0 Å². The van der Waals surface area contributed by atoms with Crippen LogP contribution in [0.1, 0.15) is 31.7 Å². The highest BCUT2D eigenvalue weighted by atomic mass is 32.2. The molecule has 0 aromatic carbocycles. The molecule has 7 heteroatoms. The van der Waals surface area contributed by atoms with Gasteiger partial charge in [0.25, 0.3) is 10.0 Å². The van der Waals surface area contributed by atoms with Gasteiger partial charge in [0.2, 0.25) is 0 Å². The highest BCUT2D eigenvalue weighted by Crippen LogP contribution is 2.26. The van der Waals surface area contributed by atoms with E-state index >= 15 is 0 Å². The summed E-state index contributed by atoms with van der Waals surface area (Å²) in [5.74, 6) is 0. The van der Waals surface area contributed by atoms with E-state index in [1.54, 1.807) is 6.92 Å². The molecule has 1 aromatic rings. The molecule has 0 amide bonds. The minimum atomic E-state index is -3.51. The van der Waals surface area contributed by atoms with Gasteiger partial charge in [0.05, 0.1) is 11.2 Å². The largest absolute Gasteiger partial charge is 0.396 e. The number of aliphatic hydroxyl groups excluding tert-OH is 1. The van der Waals surface area contributed by atoms with Crippen molar-refractivity contribution < 1.29 is 13.5 Å². The summed E-state index contributed by atoms with van der Waals surface area (Å²) >= 11 is 1.14. The number of thiazole rings is 1. The molecule has 1 rings (SSSR count). The van der Waals surface area contributed by atoms with E-state index in [9.17, 15) is 13.5 Å². The van der Waals surface area contributed by atoms with Gasteiger partial charge in [-0.25, -0.2) is 18.1 Å². The Bertz CT molecular complexity index is 470. The standard InChI is InChI=1S/C11H20N2O3S2/c1-4-11(5-2,8-14)7-13-18(15,16)10-6-12-9(3)17-10/h6,13-14H,4-5,7-8H2,1-3H3. The van der Waals surface area contributed by atoms with E-state index in [0.717, 1.165) is 29.2 Å². The Morgan fingerprint density at radius 1 is 1.44 bits per heavy atom. The summed E-state index contributed by atoms with van der Waals surface area (Å²) in [4.78, 5) is 3.94. The third-order valence-electron chi connectivity index (χ3n) is 3.34. The van der Waals surface area contributed by atoms with E-state index in [0.29, 0.717) is 0 Å². The molecule has 1 heterocycles. The molecule has 18 heavy (non-hydrogen) atoms. The summed E-state index contributed by atoms with van der Waals surface area (Å²) in [5.41, 5.74) is -0.382. The van der Waals surface area contributed by atoms with Gasteiger partial charge in [0, 0.05) is 18.6 Å². The molecule has 0 spiro atoms. The molecule has 0 aliphatic carbocycles.